The normalized spacial score (nSPS) is 10.5. The molecule has 0 atom stereocenters. The lowest BCUT2D eigenvalue weighted by Gasteiger charge is -2.09. The molecule has 0 amide bonds. The van der Waals surface area contributed by atoms with Crippen molar-refractivity contribution >= 4 is 11.1 Å². The smallest absolute Gasteiger partial charge is 0.0458 e. The van der Waals surface area contributed by atoms with Gasteiger partial charge in [-0.15, -0.1) is 0 Å². The van der Waals surface area contributed by atoms with Gasteiger partial charge in [-0.25, -0.2) is 0 Å². The van der Waals surface area contributed by atoms with Crippen LogP contribution in [0.1, 0.15) is 33.6 Å². The van der Waals surface area contributed by atoms with E-state index in [1.165, 1.54) is 22.3 Å². The van der Waals surface area contributed by atoms with Crippen LogP contribution in [-0.4, -0.2) is 4.98 Å². The van der Waals surface area contributed by atoms with Gasteiger partial charge in [0.2, 0.25) is 0 Å². The number of benzene rings is 2. The van der Waals surface area contributed by atoms with Gasteiger partial charge in [-0.2, -0.15) is 0 Å². The molecule has 1 heterocycles. The van der Waals surface area contributed by atoms with Gasteiger partial charge in [-0.1, -0.05) is 61.7 Å². The number of aryl methyl sites for hydroxylation is 2. The van der Waals surface area contributed by atoms with Crippen molar-refractivity contribution in [2.75, 3.05) is 0 Å². The van der Waals surface area contributed by atoms with Crippen LogP contribution in [0, 0.1) is 13.8 Å². The van der Waals surface area contributed by atoms with Crippen molar-refractivity contribution in [3.05, 3.63) is 107 Å². The van der Waals surface area contributed by atoms with E-state index >= 15 is 0 Å². The van der Waals surface area contributed by atoms with Crippen molar-refractivity contribution in [3.63, 3.8) is 0 Å². The molecule has 23 heavy (non-hydrogen) atoms. The van der Waals surface area contributed by atoms with E-state index in [-0.39, 0.29) is 0 Å². The Balaban J connectivity index is 1.92. The SMILES string of the molecule is C=C(c1ccc(C(=C)c2ccccc2C)[nH]1)c1ccccc1C. The van der Waals surface area contributed by atoms with Crippen molar-refractivity contribution < 1.29 is 0 Å². The average Bonchev–Trinajstić information content (AvgIpc) is 3.04. The molecule has 0 aliphatic carbocycles. The molecule has 1 nitrogen and oxygen atoms in total. The molecule has 1 aromatic heterocycles. The van der Waals surface area contributed by atoms with Gasteiger partial charge in [0.15, 0.2) is 0 Å². The Labute approximate surface area is 138 Å². The highest BCUT2D eigenvalue weighted by Gasteiger charge is 2.10. The third-order valence-corrected chi connectivity index (χ3v) is 4.28. The van der Waals surface area contributed by atoms with Crippen molar-refractivity contribution in [2.24, 2.45) is 0 Å². The third kappa shape index (κ3) is 2.91. The summed E-state index contributed by atoms with van der Waals surface area (Å²) >= 11 is 0. The van der Waals surface area contributed by atoms with Crippen LogP contribution in [0.4, 0.5) is 0 Å². The fourth-order valence-corrected chi connectivity index (χ4v) is 2.86. The van der Waals surface area contributed by atoms with Gasteiger partial charge < -0.3 is 4.98 Å². The maximum Gasteiger partial charge on any atom is 0.0458 e. The summed E-state index contributed by atoms with van der Waals surface area (Å²) in [5.41, 5.74) is 8.87. The van der Waals surface area contributed by atoms with Gasteiger partial charge in [-0.05, 0) is 59.4 Å². The molecule has 0 radical (unpaired) electrons. The van der Waals surface area contributed by atoms with Crippen molar-refractivity contribution in [1.82, 2.24) is 4.98 Å². The summed E-state index contributed by atoms with van der Waals surface area (Å²) in [6, 6.07) is 20.8. The zero-order valence-electron chi connectivity index (χ0n) is 13.7. The summed E-state index contributed by atoms with van der Waals surface area (Å²) in [4.78, 5) is 3.47. The molecular weight excluding hydrogens is 278 g/mol. The summed E-state index contributed by atoms with van der Waals surface area (Å²) in [5, 5.41) is 0. The Bertz CT molecular complexity index is 808. The average molecular weight is 299 g/mol. The van der Waals surface area contributed by atoms with Crippen LogP contribution in [0.2, 0.25) is 0 Å². The highest BCUT2D eigenvalue weighted by molar-refractivity contribution is 5.82. The number of hydrogen-bond acceptors (Lipinski definition) is 0. The Morgan fingerprint density at radius 3 is 1.43 bits per heavy atom. The summed E-state index contributed by atoms with van der Waals surface area (Å²) < 4.78 is 0. The van der Waals surface area contributed by atoms with Crippen LogP contribution in [0.25, 0.3) is 11.1 Å². The van der Waals surface area contributed by atoms with Crippen LogP contribution in [0.3, 0.4) is 0 Å². The molecule has 0 saturated heterocycles. The third-order valence-electron chi connectivity index (χ3n) is 4.28. The van der Waals surface area contributed by atoms with Crippen molar-refractivity contribution in [3.8, 4) is 0 Å². The van der Waals surface area contributed by atoms with E-state index in [1.807, 2.05) is 24.3 Å². The number of H-pyrrole nitrogens is 1. The molecule has 0 fully saturated rings. The van der Waals surface area contributed by atoms with Crippen LogP contribution >= 0.6 is 0 Å². The van der Waals surface area contributed by atoms with Crippen LogP contribution < -0.4 is 0 Å². The molecule has 0 aliphatic heterocycles. The Morgan fingerprint density at radius 2 is 1.04 bits per heavy atom. The topological polar surface area (TPSA) is 15.8 Å². The first-order valence-corrected chi connectivity index (χ1v) is 7.77. The molecule has 0 spiro atoms. The largest absolute Gasteiger partial charge is 0.355 e. The first-order chi connectivity index (χ1) is 11.1. The number of aromatic amines is 1. The van der Waals surface area contributed by atoms with Crippen molar-refractivity contribution in [1.29, 1.82) is 0 Å². The number of rotatable bonds is 4. The highest BCUT2D eigenvalue weighted by atomic mass is 14.7. The van der Waals surface area contributed by atoms with Gasteiger partial charge in [-0.3, -0.25) is 0 Å². The molecule has 3 aromatic rings. The minimum Gasteiger partial charge on any atom is -0.355 e. The van der Waals surface area contributed by atoms with Crippen LogP contribution in [0.15, 0.2) is 73.8 Å². The van der Waals surface area contributed by atoms with E-state index < -0.39 is 0 Å². The predicted molar refractivity (Wildman–Crippen MR) is 99.4 cm³/mol. The van der Waals surface area contributed by atoms with E-state index in [1.54, 1.807) is 0 Å². The van der Waals surface area contributed by atoms with Crippen LogP contribution in [-0.2, 0) is 0 Å². The maximum absolute atomic E-state index is 4.26. The number of aromatic nitrogens is 1. The highest BCUT2D eigenvalue weighted by Crippen LogP contribution is 2.28. The molecule has 0 saturated carbocycles. The fraction of sp³-hybridized carbons (Fsp3) is 0.0909. The lowest BCUT2D eigenvalue weighted by Crippen LogP contribution is -1.93. The minimum atomic E-state index is 1.01. The summed E-state index contributed by atoms with van der Waals surface area (Å²) in [7, 11) is 0. The molecular formula is C22H21N. The quantitative estimate of drug-likeness (QED) is 0.631. The Kier molecular flexibility index (Phi) is 4.03. The number of hydrogen-bond donors (Lipinski definition) is 1. The lowest BCUT2D eigenvalue weighted by molar-refractivity contribution is 1.29. The van der Waals surface area contributed by atoms with Gasteiger partial charge in [0.25, 0.3) is 0 Å². The molecule has 0 unspecified atom stereocenters. The van der Waals surface area contributed by atoms with Crippen molar-refractivity contribution in [2.45, 2.75) is 13.8 Å². The Morgan fingerprint density at radius 1 is 0.652 bits per heavy atom. The first-order valence-electron chi connectivity index (χ1n) is 7.77. The molecule has 1 N–H and O–H groups in total. The molecule has 1 heteroatoms. The summed E-state index contributed by atoms with van der Waals surface area (Å²) in [6.45, 7) is 12.7. The van der Waals surface area contributed by atoms with E-state index in [9.17, 15) is 0 Å². The van der Waals surface area contributed by atoms with E-state index in [4.69, 9.17) is 0 Å². The first kappa shape index (κ1) is 15.1. The summed E-state index contributed by atoms with van der Waals surface area (Å²) in [6.07, 6.45) is 0. The van der Waals surface area contributed by atoms with Gasteiger partial charge >= 0.3 is 0 Å². The van der Waals surface area contributed by atoms with Crippen LogP contribution in [0.5, 0.6) is 0 Å². The predicted octanol–water partition coefficient (Wildman–Crippen LogP) is 5.75. The standard InChI is InChI=1S/C22H21N/c1-15-9-5-7-11-19(15)17(3)21-13-14-22(23-21)18(4)20-12-8-6-10-16(20)2/h5-14,23H,3-4H2,1-2H3. The van der Waals surface area contributed by atoms with E-state index in [2.05, 4.69) is 68.4 Å². The zero-order valence-corrected chi connectivity index (χ0v) is 13.7. The molecule has 2 aromatic carbocycles. The summed E-state index contributed by atoms with van der Waals surface area (Å²) in [5.74, 6) is 0. The zero-order chi connectivity index (χ0) is 16.4. The monoisotopic (exact) mass is 299 g/mol. The van der Waals surface area contributed by atoms with E-state index in [0.29, 0.717) is 0 Å². The Hall–Kier alpha value is -2.80. The second-order valence-corrected chi connectivity index (χ2v) is 5.87. The van der Waals surface area contributed by atoms with Gasteiger partial charge in [0, 0.05) is 11.4 Å². The fourth-order valence-electron chi connectivity index (χ4n) is 2.86. The maximum atomic E-state index is 4.26. The molecule has 114 valence electrons. The molecule has 0 aliphatic rings. The van der Waals surface area contributed by atoms with E-state index in [0.717, 1.165) is 22.5 Å². The minimum absolute atomic E-state index is 1.01. The second kappa shape index (κ2) is 6.13. The molecule has 3 rings (SSSR count). The van der Waals surface area contributed by atoms with Gasteiger partial charge in [0.1, 0.15) is 0 Å². The number of nitrogens with one attached hydrogen (secondary N) is 1. The van der Waals surface area contributed by atoms with Gasteiger partial charge in [0.05, 0.1) is 0 Å². The lowest BCUT2D eigenvalue weighted by atomic mass is 10.00. The molecule has 0 bridgehead atoms. The second-order valence-electron chi connectivity index (χ2n) is 5.87.